The maximum absolute atomic E-state index is 4.37. The summed E-state index contributed by atoms with van der Waals surface area (Å²) in [5, 5.41) is 14.5. The predicted octanol–water partition coefficient (Wildman–Crippen LogP) is 6.83. The molecule has 0 fully saturated rings. The van der Waals surface area contributed by atoms with Crippen molar-refractivity contribution in [3.63, 3.8) is 0 Å². The molecule has 33 heavy (non-hydrogen) atoms. The number of unbranched alkanes of at least 4 members (excludes halogenated alkanes) is 1. The Balaban J connectivity index is 1.57. The fourth-order valence-electron chi connectivity index (χ4n) is 4.10. The van der Waals surface area contributed by atoms with Crippen molar-refractivity contribution < 1.29 is 0 Å². The van der Waals surface area contributed by atoms with E-state index >= 15 is 0 Å². The molecule has 0 aliphatic carbocycles. The molecule has 0 spiro atoms. The number of nitrogens with zero attached hydrogens (tertiary/aromatic N) is 4. The third-order valence-corrected chi connectivity index (χ3v) is 6.08. The van der Waals surface area contributed by atoms with Gasteiger partial charge in [-0.2, -0.15) is 5.21 Å². The second kappa shape index (κ2) is 10.3. The minimum atomic E-state index is 0.598. The second-order valence-electron chi connectivity index (χ2n) is 8.35. The van der Waals surface area contributed by atoms with Gasteiger partial charge in [0.15, 0.2) is 0 Å². The summed E-state index contributed by atoms with van der Waals surface area (Å²) in [5.74, 6) is 0.598. The summed E-state index contributed by atoms with van der Waals surface area (Å²) in [5.41, 5.74) is 9.13. The molecule has 0 radical (unpaired) electrons. The summed E-state index contributed by atoms with van der Waals surface area (Å²) in [7, 11) is 0. The lowest BCUT2D eigenvalue weighted by Crippen LogP contribution is -2.23. The monoisotopic (exact) mass is 437 g/mol. The number of allylic oxidation sites excluding steroid dienone is 5. The lowest BCUT2D eigenvalue weighted by atomic mass is 9.96. The van der Waals surface area contributed by atoms with Gasteiger partial charge < -0.3 is 4.90 Å². The number of H-pyrrole nitrogens is 1. The second-order valence-corrected chi connectivity index (χ2v) is 8.35. The molecule has 1 N–H and O–H groups in total. The zero-order valence-corrected chi connectivity index (χ0v) is 19.5. The number of tetrazole rings is 1. The third kappa shape index (κ3) is 5.03. The molecule has 4 rings (SSSR count). The molecule has 2 aromatic carbocycles. The summed E-state index contributed by atoms with van der Waals surface area (Å²) in [4.78, 5) is 2.34. The third-order valence-electron chi connectivity index (χ3n) is 6.08. The molecule has 1 aliphatic rings. The lowest BCUT2D eigenvalue weighted by molar-refractivity contribution is 0.407. The summed E-state index contributed by atoms with van der Waals surface area (Å²) in [6.45, 7) is 13.8. The molecule has 0 saturated carbocycles. The van der Waals surface area contributed by atoms with E-state index in [1.807, 2.05) is 18.2 Å². The van der Waals surface area contributed by atoms with Crippen molar-refractivity contribution in [1.29, 1.82) is 0 Å². The molecule has 3 aromatic rings. The van der Waals surface area contributed by atoms with Crippen molar-refractivity contribution in [2.24, 2.45) is 0 Å². The Hall–Kier alpha value is -3.73. The van der Waals surface area contributed by atoms with Crippen LogP contribution in [0.4, 0.5) is 0 Å². The van der Waals surface area contributed by atoms with Gasteiger partial charge >= 0.3 is 0 Å². The Kier molecular flexibility index (Phi) is 6.98. The van der Waals surface area contributed by atoms with E-state index < -0.39 is 0 Å². The molecule has 5 nitrogen and oxygen atoms in total. The van der Waals surface area contributed by atoms with Gasteiger partial charge in [0.2, 0.25) is 5.82 Å². The summed E-state index contributed by atoms with van der Waals surface area (Å²) < 4.78 is 0. The first-order valence-electron chi connectivity index (χ1n) is 11.6. The molecule has 0 unspecified atom stereocenters. The minimum Gasteiger partial charge on any atom is -0.341 e. The highest BCUT2D eigenvalue weighted by Gasteiger charge is 2.19. The van der Waals surface area contributed by atoms with Gasteiger partial charge in [0, 0.05) is 23.5 Å². The van der Waals surface area contributed by atoms with E-state index in [4.69, 9.17) is 0 Å². The van der Waals surface area contributed by atoms with Gasteiger partial charge in [-0.3, -0.25) is 0 Å². The van der Waals surface area contributed by atoms with E-state index in [0.29, 0.717) is 5.82 Å². The van der Waals surface area contributed by atoms with Gasteiger partial charge in [-0.05, 0) is 64.5 Å². The fraction of sp³-hybridized carbons (Fsp3) is 0.250. The van der Waals surface area contributed by atoms with Crippen LogP contribution in [-0.2, 0) is 6.54 Å². The van der Waals surface area contributed by atoms with Gasteiger partial charge in [0.05, 0.1) is 0 Å². The number of hydrogen-bond acceptors (Lipinski definition) is 4. The van der Waals surface area contributed by atoms with E-state index in [-0.39, 0.29) is 0 Å². The lowest BCUT2D eigenvalue weighted by Gasteiger charge is -2.32. The van der Waals surface area contributed by atoms with E-state index in [1.165, 1.54) is 23.3 Å². The summed E-state index contributed by atoms with van der Waals surface area (Å²) in [6.07, 6.45) is 8.78. The normalized spacial score (nSPS) is 13.6. The van der Waals surface area contributed by atoms with Crippen LogP contribution in [0.25, 0.3) is 22.5 Å². The molecule has 1 aliphatic heterocycles. The molecule has 2 heterocycles. The molecular formula is C28H31N5. The van der Waals surface area contributed by atoms with Crippen molar-refractivity contribution >= 4 is 0 Å². The van der Waals surface area contributed by atoms with E-state index in [9.17, 15) is 0 Å². The van der Waals surface area contributed by atoms with Gasteiger partial charge in [-0.1, -0.05) is 82.0 Å². The molecule has 168 valence electrons. The number of benzene rings is 2. The fourth-order valence-corrected chi connectivity index (χ4v) is 4.10. The van der Waals surface area contributed by atoms with Crippen LogP contribution >= 0.6 is 0 Å². The van der Waals surface area contributed by atoms with E-state index in [1.54, 1.807) is 0 Å². The van der Waals surface area contributed by atoms with E-state index in [0.717, 1.165) is 53.8 Å². The number of hydrogen-bond donors (Lipinski definition) is 1. The van der Waals surface area contributed by atoms with Crippen LogP contribution in [0.2, 0.25) is 0 Å². The average molecular weight is 438 g/mol. The molecule has 0 atom stereocenters. The van der Waals surface area contributed by atoms with Crippen molar-refractivity contribution in [1.82, 2.24) is 25.5 Å². The average Bonchev–Trinajstić information content (AvgIpc) is 3.39. The highest BCUT2D eigenvalue weighted by Crippen LogP contribution is 2.33. The molecule has 1 aromatic heterocycles. The molecular weight excluding hydrogens is 406 g/mol. The highest BCUT2D eigenvalue weighted by atomic mass is 15.5. The Morgan fingerprint density at radius 2 is 1.76 bits per heavy atom. The molecule has 0 amide bonds. The number of nitrogens with one attached hydrogen (secondary N) is 1. The van der Waals surface area contributed by atoms with Crippen LogP contribution in [-0.4, -0.2) is 25.5 Å². The number of rotatable bonds is 9. The first-order chi connectivity index (χ1) is 16.1. The summed E-state index contributed by atoms with van der Waals surface area (Å²) >= 11 is 0. The van der Waals surface area contributed by atoms with Crippen LogP contribution in [0, 0.1) is 0 Å². The smallest absolute Gasteiger partial charge is 0.205 e. The summed E-state index contributed by atoms with van der Waals surface area (Å²) in [6, 6.07) is 16.8. The van der Waals surface area contributed by atoms with Crippen LogP contribution in [0.3, 0.4) is 0 Å². The van der Waals surface area contributed by atoms with Gasteiger partial charge in [-0.25, -0.2) is 0 Å². The largest absolute Gasteiger partial charge is 0.341 e. The van der Waals surface area contributed by atoms with E-state index in [2.05, 4.69) is 95.0 Å². The zero-order chi connectivity index (χ0) is 23.2. The first kappa shape index (κ1) is 22.5. The number of aromatic amines is 1. The van der Waals surface area contributed by atoms with Gasteiger partial charge in [0.1, 0.15) is 0 Å². The highest BCUT2D eigenvalue weighted by molar-refractivity contribution is 5.80. The van der Waals surface area contributed by atoms with Crippen LogP contribution in [0.5, 0.6) is 0 Å². The quantitative estimate of drug-likeness (QED) is 0.399. The molecule has 5 heteroatoms. The van der Waals surface area contributed by atoms with Crippen LogP contribution < -0.4 is 0 Å². The molecule has 0 bridgehead atoms. The molecule has 0 saturated heterocycles. The first-order valence-corrected chi connectivity index (χ1v) is 11.6. The predicted molar refractivity (Wildman–Crippen MR) is 135 cm³/mol. The van der Waals surface area contributed by atoms with Crippen LogP contribution in [0.15, 0.2) is 96.4 Å². The van der Waals surface area contributed by atoms with Crippen LogP contribution in [0.1, 0.15) is 45.1 Å². The maximum atomic E-state index is 4.37. The SMILES string of the molecule is C=C(CC)C1=CC(=C)N(Cc2ccc(-c3ccccc3-c3nn[nH]n3)cc2)C(CCCC)=C1. The van der Waals surface area contributed by atoms with Crippen molar-refractivity contribution in [2.75, 3.05) is 0 Å². The zero-order valence-electron chi connectivity index (χ0n) is 19.5. The Bertz CT molecular complexity index is 1180. The minimum absolute atomic E-state index is 0.598. The van der Waals surface area contributed by atoms with Gasteiger partial charge in [-0.15, -0.1) is 10.2 Å². The Morgan fingerprint density at radius 3 is 2.42 bits per heavy atom. The Labute approximate surface area is 196 Å². The standard InChI is InChI=1S/C28H31N5/c1-5-7-10-25-18-24(20(3)6-2)17-21(4)33(25)19-22-13-15-23(16-14-22)26-11-8-9-12-27(26)28-29-31-32-30-28/h8-9,11-18H,3-7,10,19H2,1-2H3,(H,29,30,31,32). The van der Waals surface area contributed by atoms with Crippen molar-refractivity contribution in [2.45, 2.75) is 46.1 Å². The van der Waals surface area contributed by atoms with Gasteiger partial charge in [0.25, 0.3) is 0 Å². The number of aromatic nitrogens is 4. The van der Waals surface area contributed by atoms with Crippen molar-refractivity contribution in [3.8, 4) is 22.5 Å². The van der Waals surface area contributed by atoms with Crippen molar-refractivity contribution in [3.05, 3.63) is 102 Å². The maximum Gasteiger partial charge on any atom is 0.205 e. The Morgan fingerprint density at radius 1 is 1.00 bits per heavy atom. The topological polar surface area (TPSA) is 57.7 Å².